The van der Waals surface area contributed by atoms with E-state index in [-0.39, 0.29) is 12.5 Å². The minimum Gasteiger partial charge on any atom is -0.478 e. The average Bonchev–Trinajstić information content (AvgIpc) is 3.41. The summed E-state index contributed by atoms with van der Waals surface area (Å²) in [7, 11) is 0. The molecular formula is C28H26N8O2S. The summed E-state index contributed by atoms with van der Waals surface area (Å²) in [6, 6.07) is 13.4. The molecule has 0 aromatic carbocycles. The first-order valence-corrected chi connectivity index (χ1v) is 13.8. The largest absolute Gasteiger partial charge is 0.478 e. The highest BCUT2D eigenvalue weighted by atomic mass is 32.2. The zero-order chi connectivity index (χ0) is 26.6. The third-order valence-corrected chi connectivity index (χ3v) is 7.05. The van der Waals surface area contributed by atoms with Gasteiger partial charge in [-0.2, -0.15) is 5.10 Å². The molecule has 5 aromatic rings. The van der Waals surface area contributed by atoms with Gasteiger partial charge < -0.3 is 15.4 Å². The number of aryl methyl sites for hydroxylation is 1. The number of fused-ring (bicyclic) bond motifs is 2. The summed E-state index contributed by atoms with van der Waals surface area (Å²) < 4.78 is 7.69. The summed E-state index contributed by atoms with van der Waals surface area (Å²) in [5, 5.41) is 11.6. The Bertz CT molecular complexity index is 1650. The van der Waals surface area contributed by atoms with Gasteiger partial charge in [0.2, 0.25) is 5.88 Å². The van der Waals surface area contributed by atoms with Gasteiger partial charge in [0.15, 0.2) is 0 Å². The molecule has 1 aliphatic rings. The first-order valence-electron chi connectivity index (χ1n) is 12.6. The van der Waals surface area contributed by atoms with Crippen LogP contribution in [-0.4, -0.2) is 48.5 Å². The molecule has 1 aliphatic heterocycles. The number of carbonyl (C=O) groups is 1. The lowest BCUT2D eigenvalue weighted by molar-refractivity contribution is 0.0950. The van der Waals surface area contributed by atoms with Gasteiger partial charge in [0.1, 0.15) is 5.82 Å². The molecule has 1 amide bonds. The van der Waals surface area contributed by atoms with E-state index in [2.05, 4.69) is 25.7 Å². The SMILES string of the molecule is CSc1cncc(C(=O)NCc2cc3nc(-c4cccc(NCc5cnn6c5OCCC6)n4)ccc3cn2)c1. The molecule has 0 radical (unpaired) electrons. The number of nitrogens with zero attached hydrogens (tertiary/aromatic N) is 6. The Kier molecular flexibility index (Phi) is 7.05. The van der Waals surface area contributed by atoms with E-state index in [9.17, 15) is 4.79 Å². The molecule has 0 unspecified atom stereocenters. The lowest BCUT2D eigenvalue weighted by atomic mass is 10.2. The van der Waals surface area contributed by atoms with Gasteiger partial charge in [-0.1, -0.05) is 6.07 Å². The Hall–Kier alpha value is -4.51. The number of anilines is 1. The van der Waals surface area contributed by atoms with Crippen molar-refractivity contribution < 1.29 is 9.53 Å². The smallest absolute Gasteiger partial charge is 0.253 e. The van der Waals surface area contributed by atoms with E-state index in [4.69, 9.17) is 14.7 Å². The number of nitrogens with one attached hydrogen (secondary N) is 2. The predicted octanol–water partition coefficient (Wildman–Crippen LogP) is 4.33. The highest BCUT2D eigenvalue weighted by Gasteiger charge is 2.16. The molecule has 0 bridgehead atoms. The van der Waals surface area contributed by atoms with Gasteiger partial charge in [-0.25, -0.2) is 14.6 Å². The number of carbonyl (C=O) groups excluding carboxylic acids is 1. The highest BCUT2D eigenvalue weighted by molar-refractivity contribution is 7.98. The first-order chi connectivity index (χ1) is 19.2. The summed E-state index contributed by atoms with van der Waals surface area (Å²) in [4.78, 5) is 31.7. The summed E-state index contributed by atoms with van der Waals surface area (Å²) in [5.74, 6) is 1.37. The molecule has 0 saturated heterocycles. The molecule has 0 spiro atoms. The Morgan fingerprint density at radius 2 is 1.97 bits per heavy atom. The van der Waals surface area contributed by atoms with Crippen molar-refractivity contribution in [1.29, 1.82) is 0 Å². The molecule has 0 atom stereocenters. The maximum absolute atomic E-state index is 12.6. The van der Waals surface area contributed by atoms with Gasteiger partial charge in [0.05, 0.1) is 53.1 Å². The fourth-order valence-corrected chi connectivity index (χ4v) is 4.74. The van der Waals surface area contributed by atoms with Gasteiger partial charge in [-0.3, -0.25) is 14.8 Å². The van der Waals surface area contributed by atoms with E-state index in [1.807, 2.05) is 59.6 Å². The van der Waals surface area contributed by atoms with Crippen molar-refractivity contribution in [2.75, 3.05) is 18.2 Å². The minimum absolute atomic E-state index is 0.196. The normalized spacial score (nSPS) is 12.5. The van der Waals surface area contributed by atoms with Gasteiger partial charge in [0, 0.05) is 48.4 Å². The molecule has 0 aliphatic carbocycles. The van der Waals surface area contributed by atoms with Crippen LogP contribution in [0, 0.1) is 0 Å². The molecule has 5 aromatic heterocycles. The highest BCUT2D eigenvalue weighted by Crippen LogP contribution is 2.24. The van der Waals surface area contributed by atoms with Crippen LogP contribution in [0.3, 0.4) is 0 Å². The van der Waals surface area contributed by atoms with E-state index in [0.29, 0.717) is 24.4 Å². The molecule has 6 rings (SSSR count). The van der Waals surface area contributed by atoms with Crippen LogP contribution in [-0.2, 0) is 19.6 Å². The van der Waals surface area contributed by atoms with Crippen molar-refractivity contribution in [3.63, 3.8) is 0 Å². The van der Waals surface area contributed by atoms with Crippen molar-refractivity contribution in [1.82, 2.24) is 35.0 Å². The number of thioether (sulfide) groups is 1. The molecule has 0 fully saturated rings. The standard InChI is InChI=1S/C28H26N8O2S/c1-39-22-10-19(12-29-17-22)27(37)32-16-21-11-25-18(13-30-21)6-7-24(34-25)23-4-2-5-26(35-23)31-14-20-15-33-36-8-3-9-38-28(20)36/h2,4-7,10-13,15,17H,3,8-9,14,16H2,1H3,(H,31,35)(H,32,37). The number of hydrogen-bond acceptors (Lipinski definition) is 9. The van der Waals surface area contributed by atoms with Crippen LogP contribution in [0.4, 0.5) is 5.82 Å². The minimum atomic E-state index is -0.196. The van der Waals surface area contributed by atoms with Crippen LogP contribution >= 0.6 is 11.8 Å². The quantitative estimate of drug-likeness (QED) is 0.278. The summed E-state index contributed by atoms with van der Waals surface area (Å²) in [6.07, 6.45) is 9.82. The van der Waals surface area contributed by atoms with Gasteiger partial charge in [-0.05, 0) is 42.7 Å². The Morgan fingerprint density at radius 1 is 1.05 bits per heavy atom. The second kappa shape index (κ2) is 11.1. The predicted molar refractivity (Wildman–Crippen MR) is 150 cm³/mol. The number of aromatic nitrogens is 6. The number of pyridine rings is 4. The number of rotatable bonds is 8. The van der Waals surface area contributed by atoms with Crippen LogP contribution in [0.5, 0.6) is 5.88 Å². The second-order valence-corrected chi connectivity index (χ2v) is 9.90. The lowest BCUT2D eigenvalue weighted by Crippen LogP contribution is -2.23. The van der Waals surface area contributed by atoms with Crippen LogP contribution in [0.15, 0.2) is 72.1 Å². The van der Waals surface area contributed by atoms with E-state index in [1.54, 1.807) is 30.4 Å². The van der Waals surface area contributed by atoms with Crippen LogP contribution in [0.2, 0.25) is 0 Å². The monoisotopic (exact) mass is 538 g/mol. The van der Waals surface area contributed by atoms with E-state index in [1.165, 1.54) is 0 Å². The molecule has 11 heteroatoms. The molecule has 0 saturated carbocycles. The summed E-state index contributed by atoms with van der Waals surface area (Å²) in [6.45, 7) is 2.44. The zero-order valence-corrected chi connectivity index (χ0v) is 22.1. The molecule has 196 valence electrons. The molecule has 39 heavy (non-hydrogen) atoms. The van der Waals surface area contributed by atoms with Crippen molar-refractivity contribution in [3.05, 3.63) is 84.1 Å². The average molecular weight is 539 g/mol. The summed E-state index contributed by atoms with van der Waals surface area (Å²) >= 11 is 1.54. The number of hydrogen-bond donors (Lipinski definition) is 2. The molecule has 2 N–H and O–H groups in total. The zero-order valence-electron chi connectivity index (χ0n) is 21.3. The van der Waals surface area contributed by atoms with Crippen LogP contribution in [0.1, 0.15) is 28.0 Å². The van der Waals surface area contributed by atoms with Gasteiger partial charge in [0.25, 0.3) is 5.91 Å². The maximum atomic E-state index is 12.6. The van der Waals surface area contributed by atoms with Gasteiger partial charge >= 0.3 is 0 Å². The van der Waals surface area contributed by atoms with E-state index >= 15 is 0 Å². The summed E-state index contributed by atoms with van der Waals surface area (Å²) in [5.41, 5.74) is 4.52. The van der Waals surface area contributed by atoms with Crippen LogP contribution in [0.25, 0.3) is 22.3 Å². The number of amides is 1. The van der Waals surface area contributed by atoms with Gasteiger partial charge in [-0.15, -0.1) is 11.8 Å². The maximum Gasteiger partial charge on any atom is 0.253 e. The molecular weight excluding hydrogens is 512 g/mol. The Balaban J connectivity index is 1.15. The fraction of sp³-hybridized carbons (Fsp3) is 0.214. The third-order valence-electron chi connectivity index (χ3n) is 6.36. The second-order valence-electron chi connectivity index (χ2n) is 9.02. The molecule has 6 heterocycles. The Labute approximate surface area is 229 Å². The topological polar surface area (TPSA) is 120 Å². The first kappa shape index (κ1) is 24.8. The van der Waals surface area contributed by atoms with Crippen molar-refractivity contribution in [2.24, 2.45) is 0 Å². The van der Waals surface area contributed by atoms with Crippen LogP contribution < -0.4 is 15.4 Å². The van der Waals surface area contributed by atoms with Crippen molar-refractivity contribution >= 4 is 34.4 Å². The fourth-order valence-electron chi connectivity index (χ4n) is 4.33. The third kappa shape index (κ3) is 5.53. The van der Waals surface area contributed by atoms with Crippen molar-refractivity contribution in [2.45, 2.75) is 31.0 Å². The molecule has 10 nitrogen and oxygen atoms in total. The van der Waals surface area contributed by atoms with E-state index in [0.717, 1.165) is 57.4 Å². The lowest BCUT2D eigenvalue weighted by Gasteiger charge is -2.16. The van der Waals surface area contributed by atoms with Crippen molar-refractivity contribution in [3.8, 4) is 17.3 Å². The number of ether oxygens (including phenoxy) is 1. The Morgan fingerprint density at radius 3 is 2.90 bits per heavy atom. The van der Waals surface area contributed by atoms with E-state index < -0.39 is 0 Å².